The molecule has 2 aromatic rings. The molecule has 0 saturated carbocycles. The summed E-state index contributed by atoms with van der Waals surface area (Å²) in [5.41, 5.74) is 2.61. The molecular formula is C21H24N2O2. The average Bonchev–Trinajstić information content (AvgIpc) is 2.82. The molecule has 0 bridgehead atoms. The maximum absolute atomic E-state index is 13.0. The highest BCUT2D eigenvalue weighted by atomic mass is 16.2. The SMILES string of the molecule is CCCC(=O)NC1CCCN(C(=O)c2ccccc2)c2ccccc21. The van der Waals surface area contributed by atoms with Crippen molar-refractivity contribution in [3.05, 3.63) is 65.7 Å². The quantitative estimate of drug-likeness (QED) is 0.914. The Morgan fingerprint density at radius 3 is 2.56 bits per heavy atom. The van der Waals surface area contributed by atoms with Gasteiger partial charge in [-0.05, 0) is 43.0 Å². The number of carbonyl (C=O) groups excluding carboxylic acids is 2. The van der Waals surface area contributed by atoms with Crippen molar-refractivity contribution in [3.63, 3.8) is 0 Å². The molecule has 0 aromatic heterocycles. The van der Waals surface area contributed by atoms with Gasteiger partial charge in [0.1, 0.15) is 0 Å². The minimum Gasteiger partial charge on any atom is -0.349 e. The minimum atomic E-state index is -0.0381. The molecule has 2 amide bonds. The van der Waals surface area contributed by atoms with Gasteiger partial charge in [0.15, 0.2) is 0 Å². The van der Waals surface area contributed by atoms with Gasteiger partial charge in [-0.1, -0.05) is 43.3 Å². The fraction of sp³-hybridized carbons (Fsp3) is 0.333. The van der Waals surface area contributed by atoms with E-state index in [1.165, 1.54) is 0 Å². The molecule has 25 heavy (non-hydrogen) atoms. The molecule has 130 valence electrons. The van der Waals surface area contributed by atoms with Crippen LogP contribution in [0.25, 0.3) is 0 Å². The maximum Gasteiger partial charge on any atom is 0.258 e. The first-order valence-corrected chi connectivity index (χ1v) is 8.96. The summed E-state index contributed by atoms with van der Waals surface area (Å²) in [5, 5.41) is 3.14. The van der Waals surface area contributed by atoms with Gasteiger partial charge in [0.2, 0.25) is 5.91 Å². The molecule has 4 nitrogen and oxygen atoms in total. The minimum absolute atomic E-state index is 0.00795. The van der Waals surface area contributed by atoms with Crippen molar-refractivity contribution in [1.29, 1.82) is 0 Å². The lowest BCUT2D eigenvalue weighted by Gasteiger charge is -2.24. The van der Waals surface area contributed by atoms with Crippen LogP contribution in [0.2, 0.25) is 0 Å². The summed E-state index contributed by atoms with van der Waals surface area (Å²) in [6, 6.07) is 17.2. The van der Waals surface area contributed by atoms with E-state index >= 15 is 0 Å². The average molecular weight is 336 g/mol. The van der Waals surface area contributed by atoms with Gasteiger partial charge in [-0.15, -0.1) is 0 Å². The molecule has 1 N–H and O–H groups in total. The van der Waals surface area contributed by atoms with Crippen LogP contribution in [0.4, 0.5) is 5.69 Å². The van der Waals surface area contributed by atoms with Crippen LogP contribution in [-0.4, -0.2) is 18.4 Å². The van der Waals surface area contributed by atoms with Crippen LogP contribution in [0.1, 0.15) is 54.6 Å². The van der Waals surface area contributed by atoms with Crippen LogP contribution in [-0.2, 0) is 4.79 Å². The first-order chi connectivity index (χ1) is 12.2. The van der Waals surface area contributed by atoms with Crippen LogP contribution in [0.3, 0.4) is 0 Å². The summed E-state index contributed by atoms with van der Waals surface area (Å²) >= 11 is 0. The van der Waals surface area contributed by atoms with E-state index in [2.05, 4.69) is 5.32 Å². The maximum atomic E-state index is 13.0. The van der Waals surface area contributed by atoms with Crippen molar-refractivity contribution in [1.82, 2.24) is 5.32 Å². The zero-order chi connectivity index (χ0) is 17.6. The molecule has 0 aliphatic carbocycles. The number of benzene rings is 2. The number of fused-ring (bicyclic) bond motifs is 1. The van der Waals surface area contributed by atoms with Gasteiger partial charge in [-0.3, -0.25) is 9.59 Å². The van der Waals surface area contributed by atoms with Crippen LogP contribution in [0, 0.1) is 0 Å². The third-order valence-corrected chi connectivity index (χ3v) is 4.56. The van der Waals surface area contributed by atoms with Gasteiger partial charge in [-0.25, -0.2) is 0 Å². The molecule has 3 rings (SSSR count). The van der Waals surface area contributed by atoms with Crippen LogP contribution < -0.4 is 10.2 Å². The Hall–Kier alpha value is -2.62. The van der Waals surface area contributed by atoms with Crippen molar-refractivity contribution in [3.8, 4) is 0 Å². The van der Waals surface area contributed by atoms with Crippen molar-refractivity contribution < 1.29 is 9.59 Å². The molecule has 1 aliphatic heterocycles. The van der Waals surface area contributed by atoms with Crippen molar-refractivity contribution in [2.75, 3.05) is 11.4 Å². The largest absolute Gasteiger partial charge is 0.349 e. The van der Waals surface area contributed by atoms with E-state index in [-0.39, 0.29) is 17.9 Å². The van der Waals surface area contributed by atoms with Crippen LogP contribution in [0.5, 0.6) is 0 Å². The van der Waals surface area contributed by atoms with E-state index < -0.39 is 0 Å². The summed E-state index contributed by atoms with van der Waals surface area (Å²) in [4.78, 5) is 26.9. The fourth-order valence-electron chi connectivity index (χ4n) is 3.35. The van der Waals surface area contributed by atoms with Crippen LogP contribution in [0.15, 0.2) is 54.6 Å². The van der Waals surface area contributed by atoms with Gasteiger partial charge in [0, 0.05) is 24.2 Å². The Labute approximate surface area is 148 Å². The first-order valence-electron chi connectivity index (χ1n) is 8.96. The second kappa shape index (κ2) is 7.97. The molecule has 2 aromatic carbocycles. The molecule has 1 atom stereocenters. The summed E-state index contributed by atoms with van der Waals surface area (Å²) in [6.45, 7) is 2.66. The zero-order valence-electron chi connectivity index (χ0n) is 14.6. The summed E-state index contributed by atoms with van der Waals surface area (Å²) < 4.78 is 0. The van der Waals surface area contributed by atoms with Gasteiger partial charge in [0.25, 0.3) is 5.91 Å². The molecule has 4 heteroatoms. The number of rotatable bonds is 4. The second-order valence-corrected chi connectivity index (χ2v) is 6.39. The van der Waals surface area contributed by atoms with E-state index in [4.69, 9.17) is 0 Å². The standard InChI is InChI=1S/C21H24N2O2/c1-2-9-20(24)22-18-13-8-15-23(19-14-7-6-12-17(18)19)21(25)16-10-4-3-5-11-16/h3-7,10-12,14,18H,2,8-9,13,15H2,1H3,(H,22,24). The summed E-state index contributed by atoms with van der Waals surface area (Å²) in [7, 11) is 0. The highest BCUT2D eigenvalue weighted by molar-refractivity contribution is 6.06. The number of anilines is 1. The molecule has 0 saturated heterocycles. The number of para-hydroxylation sites is 1. The Balaban J connectivity index is 1.91. The Kier molecular flexibility index (Phi) is 5.49. The number of hydrogen-bond donors (Lipinski definition) is 1. The Bertz CT molecular complexity index is 743. The van der Waals surface area contributed by atoms with Crippen molar-refractivity contribution in [2.24, 2.45) is 0 Å². The summed E-state index contributed by atoms with van der Waals surface area (Å²) in [5.74, 6) is 0.0822. The first kappa shape index (κ1) is 17.2. The monoisotopic (exact) mass is 336 g/mol. The smallest absolute Gasteiger partial charge is 0.258 e. The van der Waals surface area contributed by atoms with Crippen molar-refractivity contribution >= 4 is 17.5 Å². The molecule has 1 aliphatic rings. The molecule has 0 fully saturated rings. The number of carbonyl (C=O) groups is 2. The number of nitrogens with one attached hydrogen (secondary N) is 1. The lowest BCUT2D eigenvalue weighted by molar-refractivity contribution is -0.121. The third-order valence-electron chi connectivity index (χ3n) is 4.56. The third kappa shape index (κ3) is 3.90. The zero-order valence-corrected chi connectivity index (χ0v) is 14.6. The van der Waals surface area contributed by atoms with E-state index in [1.807, 2.05) is 66.4 Å². The number of amides is 2. The van der Waals surface area contributed by atoms with Crippen molar-refractivity contribution in [2.45, 2.75) is 38.6 Å². The Morgan fingerprint density at radius 1 is 1.08 bits per heavy atom. The molecule has 0 spiro atoms. The Morgan fingerprint density at radius 2 is 1.80 bits per heavy atom. The van der Waals surface area contributed by atoms with Gasteiger partial charge in [-0.2, -0.15) is 0 Å². The van der Waals surface area contributed by atoms with E-state index in [1.54, 1.807) is 0 Å². The number of hydrogen-bond acceptors (Lipinski definition) is 2. The summed E-state index contributed by atoms with van der Waals surface area (Å²) in [6.07, 6.45) is 3.06. The molecular weight excluding hydrogens is 312 g/mol. The predicted molar refractivity (Wildman–Crippen MR) is 99.6 cm³/mol. The van der Waals surface area contributed by atoms with E-state index in [0.717, 1.165) is 30.5 Å². The number of nitrogens with zero attached hydrogens (tertiary/aromatic N) is 1. The van der Waals surface area contributed by atoms with Gasteiger partial charge < -0.3 is 10.2 Å². The molecule has 1 heterocycles. The molecule has 1 unspecified atom stereocenters. The van der Waals surface area contributed by atoms with E-state index in [9.17, 15) is 9.59 Å². The fourth-order valence-corrected chi connectivity index (χ4v) is 3.35. The second-order valence-electron chi connectivity index (χ2n) is 6.39. The predicted octanol–water partition coefficient (Wildman–Crippen LogP) is 4.08. The van der Waals surface area contributed by atoms with Gasteiger partial charge >= 0.3 is 0 Å². The lowest BCUT2D eigenvalue weighted by Crippen LogP contribution is -2.32. The molecule has 0 radical (unpaired) electrons. The lowest BCUT2D eigenvalue weighted by atomic mass is 10.0. The van der Waals surface area contributed by atoms with E-state index in [0.29, 0.717) is 18.5 Å². The highest BCUT2D eigenvalue weighted by Crippen LogP contribution is 2.33. The van der Waals surface area contributed by atoms with Crippen LogP contribution >= 0.6 is 0 Å². The highest BCUT2D eigenvalue weighted by Gasteiger charge is 2.27. The normalized spacial score (nSPS) is 16.7. The topological polar surface area (TPSA) is 49.4 Å². The van der Waals surface area contributed by atoms with Gasteiger partial charge in [0.05, 0.1) is 6.04 Å².